The normalized spacial score (nSPS) is 11.0. The topological polar surface area (TPSA) is 102 Å². The number of allylic oxidation sites excluding steroid dienone is 1. The van der Waals surface area contributed by atoms with E-state index in [-0.39, 0.29) is 18.1 Å². The minimum absolute atomic E-state index is 0.129. The maximum Gasteiger partial charge on any atom is 0.333 e. The number of hydrogen-bond donors (Lipinski definition) is 2. The quantitative estimate of drug-likeness (QED) is 0.572. The highest BCUT2D eigenvalue weighted by atomic mass is 16.2. The molecule has 0 radical (unpaired) electrons. The fraction of sp³-hybridized carbons (Fsp3) is 0.333. The molecular formula is C21H25N5O3. The van der Waals surface area contributed by atoms with Gasteiger partial charge in [0.05, 0.1) is 0 Å². The smallest absolute Gasteiger partial charge is 0.333 e. The zero-order valence-electron chi connectivity index (χ0n) is 16.7. The molecule has 0 aliphatic carbocycles. The number of nitrogens with zero attached hydrogens (tertiary/aromatic N) is 3. The molecule has 152 valence electrons. The predicted octanol–water partition coefficient (Wildman–Crippen LogP) is 2.42. The van der Waals surface area contributed by atoms with Crippen LogP contribution in [0.4, 0.5) is 5.69 Å². The van der Waals surface area contributed by atoms with Crippen molar-refractivity contribution in [2.24, 2.45) is 0 Å². The lowest BCUT2D eigenvalue weighted by Gasteiger charge is -2.09. The first-order valence-corrected chi connectivity index (χ1v) is 9.64. The first kappa shape index (κ1) is 20.3. The summed E-state index contributed by atoms with van der Waals surface area (Å²) in [7, 11) is 0. The summed E-state index contributed by atoms with van der Waals surface area (Å²) < 4.78 is 2.73. The van der Waals surface area contributed by atoms with Crippen LogP contribution in [0.25, 0.3) is 11.2 Å². The van der Waals surface area contributed by atoms with Crippen molar-refractivity contribution in [2.75, 3.05) is 5.32 Å². The molecule has 0 atom stereocenters. The largest absolute Gasteiger partial charge is 0.336 e. The van der Waals surface area contributed by atoms with Crippen LogP contribution in [0.5, 0.6) is 0 Å². The molecule has 0 saturated carbocycles. The first-order chi connectivity index (χ1) is 13.9. The Morgan fingerprint density at radius 1 is 1.24 bits per heavy atom. The van der Waals surface area contributed by atoms with Gasteiger partial charge in [-0.2, -0.15) is 0 Å². The Morgan fingerprint density at radius 3 is 2.59 bits per heavy atom. The number of imidazole rings is 1. The number of benzene rings is 1. The maximum atomic E-state index is 12.8. The molecule has 3 rings (SSSR count). The van der Waals surface area contributed by atoms with Gasteiger partial charge in [0.15, 0.2) is 5.65 Å². The minimum atomic E-state index is -0.391. The Bertz CT molecular complexity index is 1150. The van der Waals surface area contributed by atoms with Crippen LogP contribution in [0, 0.1) is 0 Å². The van der Waals surface area contributed by atoms with Gasteiger partial charge in [0, 0.05) is 32.1 Å². The second-order valence-corrected chi connectivity index (χ2v) is 6.93. The van der Waals surface area contributed by atoms with Crippen LogP contribution >= 0.6 is 0 Å². The molecule has 3 aromatic rings. The minimum Gasteiger partial charge on any atom is -0.336 e. The molecule has 0 aliphatic rings. The zero-order chi connectivity index (χ0) is 21.0. The summed E-state index contributed by atoms with van der Waals surface area (Å²) in [5.41, 5.74) is 1.63. The average molecular weight is 395 g/mol. The predicted molar refractivity (Wildman–Crippen MR) is 113 cm³/mol. The van der Waals surface area contributed by atoms with Crippen LogP contribution in [0.3, 0.4) is 0 Å². The Balaban J connectivity index is 2.01. The Kier molecular flexibility index (Phi) is 6.11. The molecular weight excluding hydrogens is 370 g/mol. The molecule has 8 heteroatoms. The van der Waals surface area contributed by atoms with Gasteiger partial charge in [-0.3, -0.25) is 18.7 Å². The third kappa shape index (κ3) is 4.37. The van der Waals surface area contributed by atoms with E-state index in [1.54, 1.807) is 4.57 Å². The lowest BCUT2D eigenvalue weighted by Crippen LogP contribution is -2.39. The van der Waals surface area contributed by atoms with Gasteiger partial charge in [-0.05, 0) is 24.1 Å². The van der Waals surface area contributed by atoms with Crippen molar-refractivity contribution < 1.29 is 4.79 Å². The summed E-state index contributed by atoms with van der Waals surface area (Å²) in [4.78, 5) is 44.3. The number of anilines is 1. The highest BCUT2D eigenvalue weighted by Gasteiger charge is 2.16. The molecule has 0 unspecified atom stereocenters. The molecule has 29 heavy (non-hydrogen) atoms. The maximum absolute atomic E-state index is 12.8. The lowest BCUT2D eigenvalue weighted by molar-refractivity contribution is -0.114. The summed E-state index contributed by atoms with van der Waals surface area (Å²) in [5, 5.41) is 2.72. The summed E-state index contributed by atoms with van der Waals surface area (Å²) in [6.07, 6.45) is 3.74. The summed E-state index contributed by atoms with van der Waals surface area (Å²) in [6.45, 7) is 7.79. The molecule has 0 saturated heterocycles. The fourth-order valence-electron chi connectivity index (χ4n) is 3.21. The number of fused-ring (bicyclic) bond motifs is 1. The van der Waals surface area contributed by atoms with Crippen LogP contribution in [0.15, 0.2) is 46.5 Å². The van der Waals surface area contributed by atoms with Gasteiger partial charge in [0.2, 0.25) is 5.91 Å². The van der Waals surface area contributed by atoms with Gasteiger partial charge < -0.3 is 10.3 Å². The van der Waals surface area contributed by atoms with Crippen molar-refractivity contribution in [3.05, 3.63) is 69.1 Å². The molecule has 8 nitrogen and oxygen atoms in total. The Morgan fingerprint density at radius 2 is 1.97 bits per heavy atom. The molecule has 1 aromatic carbocycles. The zero-order valence-corrected chi connectivity index (χ0v) is 16.7. The van der Waals surface area contributed by atoms with E-state index in [0.717, 1.165) is 18.4 Å². The summed E-state index contributed by atoms with van der Waals surface area (Å²) >= 11 is 0. The van der Waals surface area contributed by atoms with E-state index >= 15 is 0 Å². The van der Waals surface area contributed by atoms with Crippen molar-refractivity contribution in [2.45, 2.75) is 46.2 Å². The van der Waals surface area contributed by atoms with Gasteiger partial charge in [-0.1, -0.05) is 31.6 Å². The molecule has 0 fully saturated rings. The number of aromatic nitrogens is 4. The number of carbonyl (C=O) groups excluding carboxylic acids is 1. The van der Waals surface area contributed by atoms with Crippen LogP contribution in [0.1, 0.15) is 38.1 Å². The van der Waals surface area contributed by atoms with Gasteiger partial charge >= 0.3 is 5.69 Å². The van der Waals surface area contributed by atoms with Crippen LogP contribution in [-0.2, 0) is 24.3 Å². The summed E-state index contributed by atoms with van der Waals surface area (Å²) in [6, 6.07) is 7.40. The molecule has 2 N–H and O–H groups in total. The standard InChI is InChI=1S/C21H25N5O3/c1-4-6-12-25-19-18(20(28)26(11-5-2)21(25)29)23-17(24-19)13-15-7-9-16(10-8-15)22-14(3)27/h5,7-10H,2,4,6,11-13H2,1,3H3,(H,22,27)(H,23,24). The number of hydrogen-bond acceptors (Lipinski definition) is 4. The van der Waals surface area contributed by atoms with Gasteiger partial charge in [-0.25, -0.2) is 9.78 Å². The fourth-order valence-corrected chi connectivity index (χ4v) is 3.21. The number of aryl methyl sites for hydroxylation is 1. The van der Waals surface area contributed by atoms with Crippen LogP contribution in [-0.4, -0.2) is 25.0 Å². The Hall–Kier alpha value is -3.42. The molecule has 2 aromatic heterocycles. The Labute approximate surface area is 167 Å². The lowest BCUT2D eigenvalue weighted by atomic mass is 10.1. The molecule has 0 aliphatic heterocycles. The van der Waals surface area contributed by atoms with Crippen molar-refractivity contribution in [3.63, 3.8) is 0 Å². The number of carbonyl (C=O) groups is 1. The molecule has 0 bridgehead atoms. The SMILES string of the molecule is C=CCn1c(=O)c2[nH]c(Cc3ccc(NC(C)=O)cc3)nc2n(CCCC)c1=O. The number of aromatic amines is 1. The van der Waals surface area contributed by atoms with Crippen molar-refractivity contribution in [1.82, 2.24) is 19.1 Å². The van der Waals surface area contributed by atoms with E-state index in [9.17, 15) is 14.4 Å². The molecule has 0 spiro atoms. The van der Waals surface area contributed by atoms with Crippen LogP contribution < -0.4 is 16.6 Å². The second-order valence-electron chi connectivity index (χ2n) is 6.93. The monoisotopic (exact) mass is 395 g/mol. The van der Waals surface area contributed by atoms with E-state index in [0.29, 0.717) is 35.6 Å². The third-order valence-corrected chi connectivity index (χ3v) is 4.60. The second kappa shape index (κ2) is 8.72. The highest BCUT2D eigenvalue weighted by molar-refractivity contribution is 5.88. The number of amides is 1. The average Bonchev–Trinajstić information content (AvgIpc) is 3.10. The molecule has 2 heterocycles. The first-order valence-electron chi connectivity index (χ1n) is 9.64. The van der Waals surface area contributed by atoms with Gasteiger partial charge in [-0.15, -0.1) is 6.58 Å². The van der Waals surface area contributed by atoms with E-state index < -0.39 is 5.56 Å². The third-order valence-electron chi connectivity index (χ3n) is 4.60. The van der Waals surface area contributed by atoms with Crippen molar-refractivity contribution >= 4 is 22.8 Å². The van der Waals surface area contributed by atoms with Crippen molar-refractivity contribution in [1.29, 1.82) is 0 Å². The number of rotatable bonds is 8. The van der Waals surface area contributed by atoms with E-state index in [4.69, 9.17) is 0 Å². The van der Waals surface area contributed by atoms with Gasteiger partial charge in [0.1, 0.15) is 11.3 Å². The van der Waals surface area contributed by atoms with E-state index in [1.165, 1.54) is 17.6 Å². The van der Waals surface area contributed by atoms with Crippen LogP contribution in [0.2, 0.25) is 0 Å². The van der Waals surface area contributed by atoms with E-state index in [1.807, 2.05) is 31.2 Å². The number of H-pyrrole nitrogens is 1. The summed E-state index contributed by atoms with van der Waals surface area (Å²) in [5.74, 6) is 0.473. The van der Waals surface area contributed by atoms with E-state index in [2.05, 4.69) is 21.9 Å². The number of nitrogens with one attached hydrogen (secondary N) is 2. The molecule has 1 amide bonds. The number of unbranched alkanes of at least 4 members (excludes halogenated alkanes) is 1. The highest BCUT2D eigenvalue weighted by Crippen LogP contribution is 2.14. The van der Waals surface area contributed by atoms with Gasteiger partial charge in [0.25, 0.3) is 5.56 Å². The van der Waals surface area contributed by atoms with Crippen molar-refractivity contribution in [3.8, 4) is 0 Å².